The minimum atomic E-state index is -0.785. The summed E-state index contributed by atoms with van der Waals surface area (Å²) in [5, 5.41) is 2.85. The molecule has 0 aromatic heterocycles. The summed E-state index contributed by atoms with van der Waals surface area (Å²) in [5.74, 6) is -0.889. The van der Waals surface area contributed by atoms with E-state index in [1.165, 1.54) is 28.5 Å². The van der Waals surface area contributed by atoms with Gasteiger partial charge in [0.25, 0.3) is 11.8 Å². The molecule has 0 radical (unpaired) electrons. The largest absolute Gasteiger partial charge is 0.488 e. The number of halogens is 1. The number of nitrogens with zero attached hydrogens (tertiary/aromatic N) is 2. The summed E-state index contributed by atoms with van der Waals surface area (Å²) in [6.45, 7) is 6.22. The van der Waals surface area contributed by atoms with Gasteiger partial charge in [-0.1, -0.05) is 90.5 Å². The molecule has 260 valence electrons. The third kappa shape index (κ3) is 6.26. The van der Waals surface area contributed by atoms with Crippen LogP contribution in [0.25, 0.3) is 6.08 Å². The van der Waals surface area contributed by atoms with E-state index in [9.17, 15) is 14.4 Å². The fourth-order valence-corrected chi connectivity index (χ4v) is 8.01. The molecule has 0 spiro atoms. The minimum absolute atomic E-state index is 0.0729. The number of carbonyl (C=O) groups is 3. The van der Waals surface area contributed by atoms with Gasteiger partial charge in [-0.3, -0.25) is 14.9 Å². The lowest BCUT2D eigenvalue weighted by atomic mass is 9.76. The summed E-state index contributed by atoms with van der Waals surface area (Å²) in [5.41, 5.74) is 9.71. The molecule has 0 unspecified atom stereocenters. The maximum absolute atomic E-state index is 14.4. The second kappa shape index (κ2) is 13.8. The summed E-state index contributed by atoms with van der Waals surface area (Å²) < 4.78 is 6.20. The van der Waals surface area contributed by atoms with Crippen LogP contribution in [0.4, 0.5) is 16.2 Å². The van der Waals surface area contributed by atoms with E-state index >= 15 is 0 Å². The van der Waals surface area contributed by atoms with Crippen molar-refractivity contribution in [2.24, 2.45) is 0 Å². The van der Waals surface area contributed by atoms with Gasteiger partial charge in [0, 0.05) is 41.2 Å². The monoisotopic (exact) mass is 707 g/mol. The van der Waals surface area contributed by atoms with Crippen LogP contribution in [0.3, 0.4) is 0 Å². The van der Waals surface area contributed by atoms with E-state index in [0.717, 1.165) is 53.1 Å². The zero-order valence-electron chi connectivity index (χ0n) is 29.1. The van der Waals surface area contributed by atoms with E-state index in [2.05, 4.69) is 54.4 Å². The Morgan fingerprint density at radius 2 is 1.40 bits per heavy atom. The SMILES string of the molecule is Cc1ccc(COc2ccc(Cl)cc2/C=C2\C(=O)NC(=O)N(c3cc4c5c(c3)[C@H](c3ccccc3)CCN5CC[C@H]4c3ccccc3)C2=O)cc1C. The molecule has 8 rings (SSSR count). The summed E-state index contributed by atoms with van der Waals surface area (Å²) in [6.07, 6.45) is 3.27. The molecule has 5 aromatic carbocycles. The van der Waals surface area contributed by atoms with E-state index in [-0.39, 0.29) is 24.0 Å². The van der Waals surface area contributed by atoms with E-state index in [0.29, 0.717) is 22.0 Å². The predicted octanol–water partition coefficient (Wildman–Crippen LogP) is 9.08. The van der Waals surface area contributed by atoms with Crippen molar-refractivity contribution in [1.82, 2.24) is 5.32 Å². The highest BCUT2D eigenvalue weighted by atomic mass is 35.5. The van der Waals surface area contributed by atoms with Crippen molar-refractivity contribution in [1.29, 1.82) is 0 Å². The third-order valence-corrected chi connectivity index (χ3v) is 10.8. The van der Waals surface area contributed by atoms with Gasteiger partial charge < -0.3 is 9.64 Å². The average Bonchev–Trinajstić information content (AvgIpc) is 3.15. The summed E-state index contributed by atoms with van der Waals surface area (Å²) in [4.78, 5) is 45.1. The first-order chi connectivity index (χ1) is 25.2. The first-order valence-corrected chi connectivity index (χ1v) is 18.1. The van der Waals surface area contributed by atoms with Gasteiger partial charge >= 0.3 is 6.03 Å². The maximum atomic E-state index is 14.4. The smallest absolute Gasteiger partial charge is 0.335 e. The van der Waals surface area contributed by atoms with Crippen LogP contribution in [-0.2, 0) is 16.2 Å². The Kier molecular flexibility index (Phi) is 8.89. The molecule has 3 aliphatic heterocycles. The second-order valence-electron chi connectivity index (χ2n) is 13.8. The molecular formula is C44H38ClN3O4. The number of amides is 4. The average molecular weight is 708 g/mol. The lowest BCUT2D eigenvalue weighted by Crippen LogP contribution is -2.54. The Balaban J connectivity index is 1.21. The number of anilines is 2. The van der Waals surface area contributed by atoms with Crippen LogP contribution >= 0.6 is 11.6 Å². The Hall–Kier alpha value is -5.66. The normalized spacial score (nSPS) is 19.1. The van der Waals surface area contributed by atoms with Gasteiger partial charge in [0.2, 0.25) is 0 Å². The van der Waals surface area contributed by atoms with E-state index in [1.54, 1.807) is 18.2 Å². The molecule has 1 N–H and O–H groups in total. The molecule has 1 fully saturated rings. The van der Waals surface area contributed by atoms with Crippen molar-refractivity contribution < 1.29 is 19.1 Å². The number of hydrogen-bond acceptors (Lipinski definition) is 5. The van der Waals surface area contributed by atoms with Gasteiger partial charge in [0.05, 0.1) is 5.69 Å². The minimum Gasteiger partial charge on any atom is -0.488 e. The van der Waals surface area contributed by atoms with Crippen molar-refractivity contribution in [2.45, 2.75) is 45.1 Å². The lowest BCUT2D eigenvalue weighted by Gasteiger charge is -2.44. The van der Waals surface area contributed by atoms with Gasteiger partial charge in [0.1, 0.15) is 17.9 Å². The number of aryl methyl sites for hydroxylation is 2. The summed E-state index contributed by atoms with van der Waals surface area (Å²) in [6, 6.07) is 35.1. The molecular weight excluding hydrogens is 670 g/mol. The fourth-order valence-electron chi connectivity index (χ4n) is 7.83. The number of benzene rings is 5. The molecule has 7 nitrogen and oxygen atoms in total. The first-order valence-electron chi connectivity index (χ1n) is 17.7. The Morgan fingerprint density at radius 1 is 0.769 bits per heavy atom. The van der Waals surface area contributed by atoms with Gasteiger partial charge in [-0.25, -0.2) is 9.69 Å². The molecule has 0 saturated carbocycles. The van der Waals surface area contributed by atoms with Crippen molar-refractivity contribution >= 4 is 46.9 Å². The second-order valence-corrected chi connectivity index (χ2v) is 14.2. The van der Waals surface area contributed by atoms with Crippen LogP contribution in [0.5, 0.6) is 5.75 Å². The molecule has 0 bridgehead atoms. The quantitative estimate of drug-likeness (QED) is 0.135. The lowest BCUT2D eigenvalue weighted by molar-refractivity contribution is -0.122. The van der Waals surface area contributed by atoms with E-state index in [1.807, 2.05) is 60.7 Å². The Labute approximate surface area is 308 Å². The third-order valence-electron chi connectivity index (χ3n) is 10.6. The highest BCUT2D eigenvalue weighted by molar-refractivity contribution is 6.39. The number of imide groups is 2. The zero-order chi connectivity index (χ0) is 35.9. The number of hydrogen-bond donors (Lipinski definition) is 1. The highest BCUT2D eigenvalue weighted by Crippen LogP contribution is 2.50. The van der Waals surface area contributed by atoms with Gasteiger partial charge in [-0.2, -0.15) is 0 Å². The van der Waals surface area contributed by atoms with Crippen LogP contribution in [-0.4, -0.2) is 30.9 Å². The predicted molar refractivity (Wildman–Crippen MR) is 205 cm³/mol. The molecule has 8 heteroatoms. The molecule has 3 heterocycles. The fraction of sp³-hybridized carbons (Fsp3) is 0.205. The Morgan fingerprint density at radius 3 is 2.02 bits per heavy atom. The number of nitrogens with one attached hydrogen (secondary N) is 1. The van der Waals surface area contributed by atoms with E-state index < -0.39 is 17.8 Å². The number of urea groups is 1. The topological polar surface area (TPSA) is 79.0 Å². The summed E-state index contributed by atoms with van der Waals surface area (Å²) >= 11 is 6.42. The van der Waals surface area contributed by atoms with Crippen molar-refractivity contribution in [3.8, 4) is 5.75 Å². The molecule has 5 aromatic rings. The maximum Gasteiger partial charge on any atom is 0.335 e. The number of rotatable bonds is 7. The van der Waals surface area contributed by atoms with Crippen LogP contribution in [0, 0.1) is 13.8 Å². The van der Waals surface area contributed by atoms with Gasteiger partial charge in [0.15, 0.2) is 0 Å². The molecule has 2 atom stereocenters. The first kappa shape index (κ1) is 33.5. The van der Waals surface area contributed by atoms with Crippen LogP contribution in [0.2, 0.25) is 5.02 Å². The molecule has 1 saturated heterocycles. The van der Waals surface area contributed by atoms with Crippen molar-refractivity contribution in [3.05, 3.63) is 164 Å². The zero-order valence-corrected chi connectivity index (χ0v) is 29.8. The van der Waals surface area contributed by atoms with Crippen LogP contribution < -0.4 is 19.9 Å². The molecule has 52 heavy (non-hydrogen) atoms. The van der Waals surface area contributed by atoms with Crippen LogP contribution in [0.15, 0.2) is 115 Å². The van der Waals surface area contributed by atoms with Gasteiger partial charge in [-0.15, -0.1) is 0 Å². The van der Waals surface area contributed by atoms with Crippen molar-refractivity contribution in [3.63, 3.8) is 0 Å². The molecule has 3 aliphatic rings. The molecule has 0 aliphatic carbocycles. The van der Waals surface area contributed by atoms with E-state index in [4.69, 9.17) is 16.3 Å². The highest BCUT2D eigenvalue weighted by Gasteiger charge is 2.40. The number of carbonyl (C=O) groups excluding carboxylic acids is 3. The number of barbiturate groups is 1. The van der Waals surface area contributed by atoms with Crippen molar-refractivity contribution in [2.75, 3.05) is 22.9 Å². The summed E-state index contributed by atoms with van der Waals surface area (Å²) in [7, 11) is 0. The van der Waals surface area contributed by atoms with Gasteiger partial charge in [-0.05, 0) is 102 Å². The standard InChI is InChI=1S/C44H38ClN3O4/c1-27-13-14-29(21-28(27)2)26-52-40-16-15-33(45)22-32(40)23-39-42(49)46-44(51)48(43(39)50)34-24-37-35(30-9-5-3-6-10-30)17-19-47-20-18-36(38(25-34)41(37)47)31-11-7-4-8-12-31/h3-16,21-25,35-36H,17-20,26H2,1-2H3,(H,46,49,51)/b39-23+/t35-,36-/m0/s1. The molecule has 4 amide bonds. The number of ether oxygens (including phenoxy) is 1. The Bertz CT molecular complexity index is 2180. The van der Waals surface area contributed by atoms with Crippen LogP contribution in [0.1, 0.15) is 69.2 Å².